The predicted octanol–water partition coefficient (Wildman–Crippen LogP) is 5.94. The fourth-order valence-corrected chi connectivity index (χ4v) is 10.7. The standard InChI is InChI=1S/C49H54N12O5/c1-3-22-60-47(64)37-28-52-48(56-45(37)61(60)40-13-5-29-15-19-49(65,4-2)44(29)54-40)53-32-8-6-30(7-9-32)50-20-21-51-31-16-23-58(24-17-31)33-26-34(27-33)59-25-18-35-38(59)11-12-39-42(35)43(57-66-39)36-10-14-41(62)55-46(36)63/h3,5-9,11-13,18,25,28,31,33-34,36,50-51,65H,1,4,10,14-17,19-24,26-27H2,2H3,(H,52,53,56)(H,55,62,63)/t33-,34-,36?,49-/m1/s1. The average Bonchev–Trinajstić information content (AvgIpc) is 4.09. The monoisotopic (exact) mass is 890 g/mol. The van der Waals surface area contributed by atoms with Gasteiger partial charge in [0, 0.05) is 72.3 Å². The molecule has 11 rings (SSSR count). The zero-order valence-corrected chi connectivity index (χ0v) is 37.0. The number of aryl methyl sites for hydroxylation is 1. The van der Waals surface area contributed by atoms with Crippen LogP contribution in [0.4, 0.5) is 17.3 Å². The van der Waals surface area contributed by atoms with Crippen LogP contribution in [0.2, 0.25) is 0 Å². The molecule has 5 aromatic heterocycles. The highest BCUT2D eigenvalue weighted by Crippen LogP contribution is 2.42. The normalized spacial score (nSPS) is 22.5. The smallest absolute Gasteiger partial charge is 0.278 e. The third kappa shape index (κ3) is 7.44. The van der Waals surface area contributed by atoms with Crippen LogP contribution in [-0.4, -0.2) is 94.1 Å². The number of rotatable bonds is 14. The van der Waals surface area contributed by atoms with E-state index in [9.17, 15) is 19.5 Å². The second-order valence-corrected chi connectivity index (χ2v) is 18.3. The van der Waals surface area contributed by atoms with Gasteiger partial charge in [-0.2, -0.15) is 4.98 Å². The number of amides is 2. The summed E-state index contributed by atoms with van der Waals surface area (Å²) < 4.78 is 11.3. The lowest BCUT2D eigenvalue weighted by atomic mass is 9.83. The minimum atomic E-state index is -0.994. The molecule has 2 amide bonds. The molecule has 4 aliphatic rings. The molecule has 2 atom stereocenters. The van der Waals surface area contributed by atoms with Crippen LogP contribution >= 0.6 is 0 Å². The van der Waals surface area contributed by atoms with Crippen molar-refractivity contribution in [1.29, 1.82) is 0 Å². The van der Waals surface area contributed by atoms with Crippen LogP contribution in [-0.2, 0) is 28.2 Å². The largest absolute Gasteiger partial charge is 0.384 e. The third-order valence-corrected chi connectivity index (χ3v) is 14.5. The summed E-state index contributed by atoms with van der Waals surface area (Å²) >= 11 is 0. The molecule has 2 aliphatic carbocycles. The number of fused-ring (bicyclic) bond motifs is 5. The van der Waals surface area contributed by atoms with E-state index in [-0.39, 0.29) is 23.9 Å². The Balaban J connectivity index is 0.657. The van der Waals surface area contributed by atoms with Crippen LogP contribution in [0, 0.1) is 0 Å². The molecule has 2 aromatic carbocycles. The van der Waals surface area contributed by atoms with Gasteiger partial charge in [-0.3, -0.25) is 19.7 Å². The van der Waals surface area contributed by atoms with Crippen molar-refractivity contribution in [2.24, 2.45) is 0 Å². The molecular formula is C49H54N12O5. The van der Waals surface area contributed by atoms with Crippen molar-refractivity contribution < 1.29 is 19.2 Å². The first kappa shape index (κ1) is 42.0. The van der Waals surface area contributed by atoms with Crippen molar-refractivity contribution in [3.05, 3.63) is 107 Å². The van der Waals surface area contributed by atoms with Crippen molar-refractivity contribution in [1.82, 2.24) is 49.6 Å². The third-order valence-electron chi connectivity index (χ3n) is 14.5. The minimum absolute atomic E-state index is 0.239. The van der Waals surface area contributed by atoms with Gasteiger partial charge in [0.25, 0.3) is 5.56 Å². The van der Waals surface area contributed by atoms with Crippen LogP contribution in [0.3, 0.4) is 0 Å². The van der Waals surface area contributed by atoms with E-state index >= 15 is 0 Å². The summed E-state index contributed by atoms with van der Waals surface area (Å²) in [6.07, 6.45) is 12.5. The number of carbonyl (C=O) groups excluding carboxylic acids is 2. The fourth-order valence-electron chi connectivity index (χ4n) is 10.7. The van der Waals surface area contributed by atoms with Crippen molar-refractivity contribution in [3.8, 4) is 5.82 Å². The molecule has 17 heteroatoms. The van der Waals surface area contributed by atoms with Crippen molar-refractivity contribution in [3.63, 3.8) is 0 Å². The summed E-state index contributed by atoms with van der Waals surface area (Å²) in [6.45, 7) is 9.90. The van der Waals surface area contributed by atoms with Gasteiger partial charge < -0.3 is 35.0 Å². The lowest BCUT2D eigenvalue weighted by Crippen LogP contribution is -2.51. The van der Waals surface area contributed by atoms with Crippen LogP contribution in [0.5, 0.6) is 0 Å². The molecule has 17 nitrogen and oxygen atoms in total. The second kappa shape index (κ2) is 16.9. The van der Waals surface area contributed by atoms with Gasteiger partial charge in [0.15, 0.2) is 17.0 Å². The molecule has 2 saturated heterocycles. The summed E-state index contributed by atoms with van der Waals surface area (Å²) in [5, 5.41) is 30.9. The van der Waals surface area contributed by atoms with Crippen LogP contribution in [0.1, 0.15) is 87.2 Å². The topological polar surface area (TPSA) is 202 Å². The molecule has 1 saturated carbocycles. The van der Waals surface area contributed by atoms with E-state index in [1.165, 1.54) is 0 Å². The molecule has 0 bridgehead atoms. The molecule has 7 heterocycles. The Morgan fingerprint density at radius 1 is 0.939 bits per heavy atom. The number of anilines is 3. The first-order chi connectivity index (χ1) is 32.2. The van der Waals surface area contributed by atoms with E-state index < -0.39 is 11.5 Å². The summed E-state index contributed by atoms with van der Waals surface area (Å²) in [7, 11) is 0. The van der Waals surface area contributed by atoms with Gasteiger partial charge >= 0.3 is 0 Å². The van der Waals surface area contributed by atoms with Gasteiger partial charge in [0.1, 0.15) is 16.7 Å². The van der Waals surface area contributed by atoms with Gasteiger partial charge in [0.2, 0.25) is 17.8 Å². The van der Waals surface area contributed by atoms with E-state index in [4.69, 9.17) is 14.5 Å². The van der Waals surface area contributed by atoms with Crippen molar-refractivity contribution >= 4 is 62.0 Å². The number of nitrogens with one attached hydrogen (secondary N) is 4. The number of nitrogens with zero attached hydrogens (tertiary/aromatic N) is 8. The number of piperidine rings is 2. The van der Waals surface area contributed by atoms with E-state index in [2.05, 4.69) is 65.8 Å². The Labute approximate surface area is 380 Å². The highest BCUT2D eigenvalue weighted by Gasteiger charge is 2.39. The molecule has 3 fully saturated rings. The molecule has 0 spiro atoms. The number of allylic oxidation sites excluding steroid dienone is 1. The Hall–Kier alpha value is -6.69. The summed E-state index contributed by atoms with van der Waals surface area (Å²) in [6, 6.07) is 19.5. The number of pyridine rings is 1. The summed E-state index contributed by atoms with van der Waals surface area (Å²) in [5.74, 6) is -0.187. The first-order valence-electron chi connectivity index (χ1n) is 23.3. The quantitative estimate of drug-likeness (QED) is 0.0489. The average molecular weight is 891 g/mol. The second-order valence-electron chi connectivity index (χ2n) is 18.3. The van der Waals surface area contributed by atoms with E-state index in [1.54, 1.807) is 21.6 Å². The maximum atomic E-state index is 13.5. The number of carbonyl (C=O) groups is 2. The van der Waals surface area contributed by atoms with E-state index in [0.29, 0.717) is 83.6 Å². The summed E-state index contributed by atoms with van der Waals surface area (Å²) in [5.41, 5.74) is 5.07. The Bertz CT molecular complexity index is 3060. The molecule has 66 heavy (non-hydrogen) atoms. The van der Waals surface area contributed by atoms with E-state index in [1.807, 2.05) is 49.4 Å². The molecule has 5 N–H and O–H groups in total. The Kier molecular flexibility index (Phi) is 10.8. The fraction of sp³-hybridized carbons (Fsp3) is 0.408. The van der Waals surface area contributed by atoms with Gasteiger partial charge in [-0.1, -0.05) is 24.2 Å². The van der Waals surface area contributed by atoms with Gasteiger partial charge in [-0.05, 0) is 119 Å². The van der Waals surface area contributed by atoms with Gasteiger partial charge in [-0.15, -0.1) is 6.58 Å². The molecular weight excluding hydrogens is 837 g/mol. The maximum absolute atomic E-state index is 13.5. The number of imide groups is 1. The maximum Gasteiger partial charge on any atom is 0.278 e. The minimum Gasteiger partial charge on any atom is -0.384 e. The van der Waals surface area contributed by atoms with Crippen molar-refractivity contribution in [2.75, 3.05) is 36.8 Å². The summed E-state index contributed by atoms with van der Waals surface area (Å²) in [4.78, 5) is 54.8. The SMILES string of the molecule is C=CCn1c(=O)c2cnc(Nc3ccc(NCCNC4CCN([C@H]5C[C@H](n6ccc7c8c(C9CCC(=O)NC9=O)noc8ccc76)C5)CC4)cc3)nc2n1-c1ccc2c(n1)[C@@](O)(CC)CC2. The number of benzene rings is 2. The molecule has 0 radical (unpaired) electrons. The van der Waals surface area contributed by atoms with Crippen LogP contribution in [0.15, 0.2) is 89.0 Å². The van der Waals surface area contributed by atoms with Crippen LogP contribution < -0.4 is 26.8 Å². The Morgan fingerprint density at radius 3 is 2.55 bits per heavy atom. The highest BCUT2D eigenvalue weighted by molar-refractivity contribution is 6.09. The first-order valence-corrected chi connectivity index (χ1v) is 23.3. The lowest BCUT2D eigenvalue weighted by molar-refractivity contribution is -0.134. The molecule has 7 aromatic rings. The number of aromatic nitrogens is 7. The molecule has 340 valence electrons. The van der Waals surface area contributed by atoms with E-state index in [0.717, 1.165) is 91.5 Å². The molecule has 1 unspecified atom stereocenters. The van der Waals surface area contributed by atoms with Gasteiger partial charge in [0.05, 0.1) is 23.5 Å². The Morgan fingerprint density at radius 2 is 1.76 bits per heavy atom. The predicted molar refractivity (Wildman–Crippen MR) is 251 cm³/mol. The number of aliphatic hydroxyl groups is 1. The zero-order valence-electron chi connectivity index (χ0n) is 37.0. The highest BCUT2D eigenvalue weighted by atomic mass is 16.5. The number of likely N-dealkylation sites (tertiary alicyclic amines) is 1. The number of hydrogen-bond acceptors (Lipinski definition) is 13. The molecule has 2 aliphatic heterocycles. The number of hydrogen-bond donors (Lipinski definition) is 5. The van der Waals surface area contributed by atoms with Crippen molar-refractivity contribution in [2.45, 2.75) is 101 Å². The zero-order chi connectivity index (χ0) is 45.1. The van der Waals surface area contributed by atoms with Gasteiger partial charge in [-0.25, -0.2) is 19.3 Å². The van der Waals surface area contributed by atoms with Crippen LogP contribution in [0.25, 0.3) is 38.7 Å². The lowest BCUT2D eigenvalue weighted by Gasteiger charge is -2.46.